The van der Waals surface area contributed by atoms with E-state index in [1.165, 1.54) is 0 Å². The third-order valence-electron chi connectivity index (χ3n) is 4.59. The zero-order chi connectivity index (χ0) is 19.6. The number of oxazole rings is 1. The summed E-state index contributed by atoms with van der Waals surface area (Å²) >= 11 is 1.55. The Morgan fingerprint density at radius 3 is 2.69 bits per heavy atom. The first-order chi connectivity index (χ1) is 14.3. The van der Waals surface area contributed by atoms with E-state index < -0.39 is 0 Å². The van der Waals surface area contributed by atoms with Crippen LogP contribution in [0.1, 0.15) is 17.6 Å². The molecule has 1 aliphatic heterocycles. The molecular weight excluding hydrogens is 388 g/mol. The predicted octanol–water partition coefficient (Wildman–Crippen LogP) is 4.27. The van der Waals surface area contributed by atoms with Gasteiger partial charge < -0.3 is 18.5 Å². The van der Waals surface area contributed by atoms with Crippen molar-refractivity contribution in [3.05, 3.63) is 72.4 Å². The van der Waals surface area contributed by atoms with Crippen LogP contribution in [0.3, 0.4) is 0 Å². The van der Waals surface area contributed by atoms with Crippen molar-refractivity contribution < 1.29 is 13.9 Å². The minimum Gasteiger partial charge on any atom is -0.485 e. The van der Waals surface area contributed by atoms with Gasteiger partial charge in [0.05, 0.1) is 5.69 Å². The molecule has 4 aromatic rings. The Morgan fingerprint density at radius 2 is 1.83 bits per heavy atom. The molecule has 2 aromatic carbocycles. The molecule has 1 atom stereocenters. The van der Waals surface area contributed by atoms with E-state index in [-0.39, 0.29) is 6.10 Å². The maximum atomic E-state index is 6.04. The number of thioether (sulfide) groups is 1. The minimum atomic E-state index is -0.298. The van der Waals surface area contributed by atoms with Crippen molar-refractivity contribution in [2.75, 3.05) is 6.61 Å². The SMILES string of the molecule is Cn1c(SCc2coc(-c3ccccc3)n2)nnc1C1COc2ccccc2O1. The Labute approximate surface area is 171 Å². The molecule has 0 bridgehead atoms. The summed E-state index contributed by atoms with van der Waals surface area (Å²) in [5.74, 6) is 3.45. The number of benzene rings is 2. The summed E-state index contributed by atoms with van der Waals surface area (Å²) in [6, 6.07) is 17.5. The Bertz CT molecular complexity index is 1130. The molecule has 0 spiro atoms. The van der Waals surface area contributed by atoms with Crippen LogP contribution in [0, 0.1) is 0 Å². The molecule has 1 aliphatic rings. The van der Waals surface area contributed by atoms with Gasteiger partial charge in [0.1, 0.15) is 12.9 Å². The van der Waals surface area contributed by atoms with E-state index >= 15 is 0 Å². The van der Waals surface area contributed by atoms with Crippen molar-refractivity contribution in [2.45, 2.75) is 17.0 Å². The fourth-order valence-corrected chi connectivity index (χ4v) is 3.90. The summed E-state index contributed by atoms with van der Waals surface area (Å²) < 4.78 is 19.4. The lowest BCUT2D eigenvalue weighted by atomic mass is 10.2. The first-order valence-corrected chi connectivity index (χ1v) is 10.2. The molecule has 0 aliphatic carbocycles. The van der Waals surface area contributed by atoms with Crippen molar-refractivity contribution in [1.29, 1.82) is 0 Å². The number of ether oxygens (including phenoxy) is 2. The fraction of sp³-hybridized carbons (Fsp3) is 0.190. The summed E-state index contributed by atoms with van der Waals surface area (Å²) in [6.07, 6.45) is 1.38. The summed E-state index contributed by atoms with van der Waals surface area (Å²) in [4.78, 5) is 4.56. The smallest absolute Gasteiger partial charge is 0.226 e. The van der Waals surface area contributed by atoms with Crippen molar-refractivity contribution in [1.82, 2.24) is 19.7 Å². The summed E-state index contributed by atoms with van der Waals surface area (Å²) in [7, 11) is 1.93. The van der Waals surface area contributed by atoms with Gasteiger partial charge in [0.25, 0.3) is 0 Å². The van der Waals surface area contributed by atoms with E-state index in [0.29, 0.717) is 18.3 Å². The molecule has 7 nitrogen and oxygen atoms in total. The first-order valence-electron chi connectivity index (χ1n) is 9.18. The molecule has 1 unspecified atom stereocenters. The highest BCUT2D eigenvalue weighted by atomic mass is 32.2. The van der Waals surface area contributed by atoms with Gasteiger partial charge in [0.15, 0.2) is 28.6 Å². The average Bonchev–Trinajstić information content (AvgIpc) is 3.39. The van der Waals surface area contributed by atoms with Crippen LogP contribution in [0.5, 0.6) is 11.5 Å². The first kappa shape index (κ1) is 17.8. The molecular formula is C21H18N4O3S. The molecule has 29 heavy (non-hydrogen) atoms. The second-order valence-electron chi connectivity index (χ2n) is 6.56. The normalized spacial score (nSPS) is 15.4. The van der Waals surface area contributed by atoms with Crippen LogP contribution in [0.4, 0.5) is 0 Å². The molecule has 3 heterocycles. The van der Waals surface area contributed by atoms with E-state index in [2.05, 4.69) is 15.2 Å². The third kappa shape index (κ3) is 3.58. The second-order valence-corrected chi connectivity index (χ2v) is 7.51. The Morgan fingerprint density at radius 1 is 1.03 bits per heavy atom. The summed E-state index contributed by atoms with van der Waals surface area (Å²) in [5, 5.41) is 9.41. The van der Waals surface area contributed by atoms with E-state index in [9.17, 15) is 0 Å². The molecule has 8 heteroatoms. The van der Waals surface area contributed by atoms with Crippen molar-refractivity contribution in [2.24, 2.45) is 7.05 Å². The van der Waals surface area contributed by atoms with Crippen LogP contribution in [-0.4, -0.2) is 26.4 Å². The number of rotatable bonds is 5. The number of para-hydroxylation sites is 2. The number of hydrogen-bond acceptors (Lipinski definition) is 7. The van der Waals surface area contributed by atoms with Gasteiger partial charge in [-0.15, -0.1) is 10.2 Å². The maximum absolute atomic E-state index is 6.04. The lowest BCUT2D eigenvalue weighted by Crippen LogP contribution is -2.24. The minimum absolute atomic E-state index is 0.298. The topological polar surface area (TPSA) is 75.2 Å². The summed E-state index contributed by atoms with van der Waals surface area (Å²) in [5.41, 5.74) is 1.81. The number of nitrogens with zero attached hydrogens (tertiary/aromatic N) is 4. The fourth-order valence-electron chi connectivity index (χ4n) is 3.10. The van der Waals surface area contributed by atoms with Gasteiger partial charge in [-0.1, -0.05) is 42.1 Å². The zero-order valence-electron chi connectivity index (χ0n) is 15.7. The van der Waals surface area contributed by atoms with Gasteiger partial charge in [-0.05, 0) is 24.3 Å². The van der Waals surface area contributed by atoms with Crippen LogP contribution in [0.15, 0.2) is 70.4 Å². The van der Waals surface area contributed by atoms with Crippen molar-refractivity contribution in [3.8, 4) is 23.0 Å². The molecule has 0 radical (unpaired) electrons. The van der Waals surface area contributed by atoms with E-state index in [1.54, 1.807) is 18.0 Å². The van der Waals surface area contributed by atoms with Gasteiger partial charge >= 0.3 is 0 Å². The molecule has 5 rings (SSSR count). The second kappa shape index (κ2) is 7.63. The zero-order valence-corrected chi connectivity index (χ0v) is 16.5. The Balaban J connectivity index is 1.27. The standard InChI is InChI=1S/C21H18N4O3S/c1-25-19(18-12-26-16-9-5-6-10-17(16)28-18)23-24-21(25)29-13-15-11-27-20(22-15)14-7-3-2-4-8-14/h2-11,18H,12-13H2,1H3. The van der Waals surface area contributed by atoms with Gasteiger partial charge in [0.2, 0.25) is 5.89 Å². The van der Waals surface area contributed by atoms with E-state index in [4.69, 9.17) is 13.9 Å². The number of fused-ring (bicyclic) bond motifs is 1. The lowest BCUT2D eigenvalue weighted by molar-refractivity contribution is 0.0825. The highest BCUT2D eigenvalue weighted by Crippen LogP contribution is 2.36. The monoisotopic (exact) mass is 406 g/mol. The molecule has 0 saturated carbocycles. The molecule has 0 N–H and O–H groups in total. The molecule has 0 fully saturated rings. The maximum Gasteiger partial charge on any atom is 0.226 e. The van der Waals surface area contributed by atoms with E-state index in [1.807, 2.05) is 66.2 Å². The van der Waals surface area contributed by atoms with Gasteiger partial charge in [-0.25, -0.2) is 4.98 Å². The number of hydrogen-bond donors (Lipinski definition) is 0. The van der Waals surface area contributed by atoms with Crippen molar-refractivity contribution >= 4 is 11.8 Å². The van der Waals surface area contributed by atoms with Crippen LogP contribution >= 0.6 is 11.8 Å². The number of aromatic nitrogens is 4. The highest BCUT2D eigenvalue weighted by molar-refractivity contribution is 7.98. The van der Waals surface area contributed by atoms with Gasteiger partial charge in [0, 0.05) is 18.4 Å². The van der Waals surface area contributed by atoms with Crippen LogP contribution < -0.4 is 9.47 Å². The Kier molecular flexibility index (Phi) is 4.69. The van der Waals surface area contributed by atoms with E-state index in [0.717, 1.165) is 33.7 Å². The average molecular weight is 406 g/mol. The van der Waals surface area contributed by atoms with Crippen molar-refractivity contribution in [3.63, 3.8) is 0 Å². The largest absolute Gasteiger partial charge is 0.485 e. The molecule has 0 amide bonds. The molecule has 146 valence electrons. The highest BCUT2D eigenvalue weighted by Gasteiger charge is 2.27. The molecule has 2 aromatic heterocycles. The van der Waals surface area contributed by atoms with Crippen LogP contribution in [0.2, 0.25) is 0 Å². The quantitative estimate of drug-likeness (QED) is 0.458. The predicted molar refractivity (Wildman–Crippen MR) is 108 cm³/mol. The molecule has 0 saturated heterocycles. The Hall–Kier alpha value is -3.26. The van der Waals surface area contributed by atoms with Crippen LogP contribution in [0.25, 0.3) is 11.5 Å². The van der Waals surface area contributed by atoms with Gasteiger partial charge in [-0.2, -0.15) is 0 Å². The third-order valence-corrected chi connectivity index (χ3v) is 5.64. The van der Waals surface area contributed by atoms with Crippen LogP contribution in [-0.2, 0) is 12.8 Å². The summed E-state index contributed by atoms with van der Waals surface area (Å²) in [6.45, 7) is 0.400. The van der Waals surface area contributed by atoms with Gasteiger partial charge in [-0.3, -0.25) is 0 Å². The lowest BCUT2D eigenvalue weighted by Gasteiger charge is -2.25.